The minimum atomic E-state index is -0.743. The number of para-hydroxylation sites is 2. The number of benzene rings is 3. The summed E-state index contributed by atoms with van der Waals surface area (Å²) in [6.45, 7) is 4.17. The van der Waals surface area contributed by atoms with Gasteiger partial charge in [0, 0.05) is 16.1 Å². The zero-order chi connectivity index (χ0) is 24.1. The van der Waals surface area contributed by atoms with Crippen molar-refractivity contribution in [2.45, 2.75) is 26.3 Å². The van der Waals surface area contributed by atoms with Crippen LogP contribution >= 0.6 is 11.6 Å². The van der Waals surface area contributed by atoms with Crippen molar-refractivity contribution >= 4 is 40.5 Å². The van der Waals surface area contributed by atoms with Crippen molar-refractivity contribution in [3.8, 4) is 5.75 Å². The molecule has 0 saturated heterocycles. The molecule has 3 aromatic carbocycles. The Balaban J connectivity index is 1.74. The number of anilines is 2. The molecule has 174 valence electrons. The molecule has 0 fully saturated rings. The third-order valence-corrected chi connectivity index (χ3v) is 5.84. The van der Waals surface area contributed by atoms with E-state index in [4.69, 9.17) is 16.3 Å². The number of ether oxygens (including phenoxy) is 1. The van der Waals surface area contributed by atoms with Gasteiger partial charge in [-0.3, -0.25) is 19.5 Å². The number of aliphatic imine (C=N–C) groups is 1. The number of carbonyl (C=O) groups excluding carboxylic acids is 2. The van der Waals surface area contributed by atoms with Crippen LogP contribution in [0, 0.1) is 0 Å². The summed E-state index contributed by atoms with van der Waals surface area (Å²) in [7, 11) is 0. The first-order valence-corrected chi connectivity index (χ1v) is 11.7. The fourth-order valence-electron chi connectivity index (χ4n) is 4.09. The Bertz CT molecular complexity index is 1230. The zero-order valence-corrected chi connectivity index (χ0v) is 19.9. The molecule has 0 saturated carbocycles. The molecule has 1 N–H and O–H groups in total. The normalized spacial score (nSPS) is 14.0. The van der Waals surface area contributed by atoms with Crippen molar-refractivity contribution in [3.05, 3.63) is 88.9 Å². The number of amides is 2. The molecule has 0 bridgehead atoms. The third kappa shape index (κ3) is 4.82. The molecule has 1 aliphatic rings. The van der Waals surface area contributed by atoms with Crippen LogP contribution in [-0.4, -0.2) is 36.7 Å². The Labute approximate surface area is 204 Å². The SMILES string of the molecule is CCOc1ccccc1NC(=O)[C@H](CC)N1C(=O)CN=C(c2ccccc2)c2cc(Cl)ccc21. The largest absolute Gasteiger partial charge is 0.492 e. The van der Waals surface area contributed by atoms with Crippen molar-refractivity contribution in [2.24, 2.45) is 4.99 Å². The maximum Gasteiger partial charge on any atom is 0.249 e. The molecule has 0 unspecified atom stereocenters. The Kier molecular flexibility index (Phi) is 7.28. The lowest BCUT2D eigenvalue weighted by atomic mass is 9.99. The standard InChI is InChI=1S/C27H26ClN3O3/c1-3-22(27(33)30-21-12-8-9-13-24(21)34-4-2)31-23-15-14-19(28)16-20(23)26(29-17-25(31)32)18-10-6-5-7-11-18/h5-16,22H,3-4,17H2,1-2H3,(H,30,33)/t22-/m0/s1. The number of hydrogen-bond acceptors (Lipinski definition) is 4. The number of carbonyl (C=O) groups is 2. The van der Waals surface area contributed by atoms with Gasteiger partial charge in [-0.15, -0.1) is 0 Å². The van der Waals surface area contributed by atoms with E-state index in [0.717, 1.165) is 5.56 Å². The molecule has 1 aliphatic heterocycles. The van der Waals surface area contributed by atoms with Gasteiger partial charge in [0.05, 0.1) is 23.7 Å². The van der Waals surface area contributed by atoms with Gasteiger partial charge in [0.1, 0.15) is 18.3 Å². The molecule has 1 atom stereocenters. The van der Waals surface area contributed by atoms with Gasteiger partial charge < -0.3 is 10.1 Å². The number of hydrogen-bond donors (Lipinski definition) is 1. The second kappa shape index (κ2) is 10.5. The molecule has 0 radical (unpaired) electrons. The molecular formula is C27H26ClN3O3. The summed E-state index contributed by atoms with van der Waals surface area (Å²) in [4.78, 5) is 33.0. The van der Waals surface area contributed by atoms with Crippen LogP contribution in [0.3, 0.4) is 0 Å². The highest BCUT2D eigenvalue weighted by molar-refractivity contribution is 6.32. The number of rotatable bonds is 7. The van der Waals surface area contributed by atoms with Crippen molar-refractivity contribution in [2.75, 3.05) is 23.4 Å². The van der Waals surface area contributed by atoms with E-state index in [1.165, 1.54) is 0 Å². The predicted molar refractivity (Wildman–Crippen MR) is 136 cm³/mol. The lowest BCUT2D eigenvalue weighted by Crippen LogP contribution is -2.48. The molecule has 2 amide bonds. The van der Waals surface area contributed by atoms with E-state index in [9.17, 15) is 9.59 Å². The van der Waals surface area contributed by atoms with Crippen LogP contribution in [0.2, 0.25) is 5.02 Å². The fraction of sp³-hybridized carbons (Fsp3) is 0.222. The molecule has 0 aliphatic carbocycles. The monoisotopic (exact) mass is 475 g/mol. The maximum atomic E-state index is 13.5. The summed E-state index contributed by atoms with van der Waals surface area (Å²) in [6, 6.07) is 21.5. The quantitative estimate of drug-likeness (QED) is 0.501. The first kappa shape index (κ1) is 23.5. The minimum Gasteiger partial charge on any atom is -0.492 e. The fourth-order valence-corrected chi connectivity index (χ4v) is 4.26. The van der Waals surface area contributed by atoms with E-state index < -0.39 is 6.04 Å². The number of nitrogens with one attached hydrogen (secondary N) is 1. The van der Waals surface area contributed by atoms with Crippen molar-refractivity contribution < 1.29 is 14.3 Å². The van der Waals surface area contributed by atoms with Crippen LogP contribution in [0.25, 0.3) is 0 Å². The zero-order valence-electron chi connectivity index (χ0n) is 19.1. The topological polar surface area (TPSA) is 71.0 Å². The van der Waals surface area contributed by atoms with E-state index in [0.29, 0.717) is 46.4 Å². The van der Waals surface area contributed by atoms with E-state index >= 15 is 0 Å². The highest BCUT2D eigenvalue weighted by Gasteiger charge is 2.34. The molecule has 1 heterocycles. The van der Waals surface area contributed by atoms with Gasteiger partial charge in [-0.2, -0.15) is 0 Å². The Hall–Kier alpha value is -3.64. The average molecular weight is 476 g/mol. The molecule has 6 nitrogen and oxygen atoms in total. The van der Waals surface area contributed by atoms with Gasteiger partial charge >= 0.3 is 0 Å². The molecule has 3 aromatic rings. The number of halogens is 1. The molecule has 0 aromatic heterocycles. The van der Waals surface area contributed by atoms with Crippen LogP contribution in [0.4, 0.5) is 11.4 Å². The van der Waals surface area contributed by atoms with Crippen LogP contribution in [0.5, 0.6) is 5.75 Å². The lowest BCUT2D eigenvalue weighted by molar-refractivity contribution is -0.123. The minimum absolute atomic E-state index is 0.0736. The van der Waals surface area contributed by atoms with Crippen LogP contribution in [0.15, 0.2) is 77.8 Å². The molecule has 7 heteroatoms. The average Bonchev–Trinajstić information content (AvgIpc) is 2.98. The number of fused-ring (bicyclic) bond motifs is 1. The summed E-state index contributed by atoms with van der Waals surface area (Å²) in [5.41, 5.74) is 3.43. The summed E-state index contributed by atoms with van der Waals surface area (Å²) < 4.78 is 5.64. The van der Waals surface area contributed by atoms with Crippen molar-refractivity contribution in [1.29, 1.82) is 0 Å². The summed E-state index contributed by atoms with van der Waals surface area (Å²) in [5.74, 6) is 0.0268. The predicted octanol–water partition coefficient (Wildman–Crippen LogP) is 5.34. The molecule has 34 heavy (non-hydrogen) atoms. The summed E-state index contributed by atoms with van der Waals surface area (Å²) >= 11 is 6.35. The number of benzodiazepines with no additional fused rings is 1. The van der Waals surface area contributed by atoms with Crippen molar-refractivity contribution in [3.63, 3.8) is 0 Å². The molecular weight excluding hydrogens is 450 g/mol. The van der Waals surface area contributed by atoms with Gasteiger partial charge in [-0.25, -0.2) is 0 Å². The molecule has 4 rings (SSSR count). The Morgan fingerprint density at radius 2 is 1.82 bits per heavy atom. The lowest BCUT2D eigenvalue weighted by Gasteiger charge is -2.30. The van der Waals surface area contributed by atoms with E-state index in [1.54, 1.807) is 35.2 Å². The first-order chi connectivity index (χ1) is 16.5. The molecule has 0 spiro atoms. The first-order valence-electron chi connectivity index (χ1n) is 11.3. The van der Waals surface area contributed by atoms with Gasteiger partial charge in [0.2, 0.25) is 11.8 Å². The summed E-state index contributed by atoms with van der Waals surface area (Å²) in [5, 5.41) is 3.48. The van der Waals surface area contributed by atoms with E-state index in [2.05, 4.69) is 10.3 Å². The smallest absolute Gasteiger partial charge is 0.249 e. The van der Waals surface area contributed by atoms with Gasteiger partial charge in [-0.1, -0.05) is 61.0 Å². The second-order valence-corrected chi connectivity index (χ2v) is 8.23. The van der Waals surface area contributed by atoms with Crippen LogP contribution < -0.4 is 15.0 Å². The Morgan fingerprint density at radius 3 is 2.56 bits per heavy atom. The summed E-state index contributed by atoms with van der Waals surface area (Å²) in [6.07, 6.45) is 0.414. The highest BCUT2D eigenvalue weighted by Crippen LogP contribution is 2.32. The second-order valence-electron chi connectivity index (χ2n) is 7.80. The number of nitrogens with zero attached hydrogens (tertiary/aromatic N) is 2. The van der Waals surface area contributed by atoms with Gasteiger partial charge in [0.25, 0.3) is 0 Å². The van der Waals surface area contributed by atoms with Gasteiger partial charge in [-0.05, 0) is 43.7 Å². The van der Waals surface area contributed by atoms with E-state index in [1.807, 2.05) is 56.3 Å². The Morgan fingerprint density at radius 1 is 1.09 bits per heavy atom. The third-order valence-electron chi connectivity index (χ3n) is 5.61. The van der Waals surface area contributed by atoms with Gasteiger partial charge in [0.15, 0.2) is 0 Å². The maximum absolute atomic E-state index is 13.5. The van der Waals surface area contributed by atoms with Crippen LogP contribution in [0.1, 0.15) is 31.4 Å². The van der Waals surface area contributed by atoms with Crippen molar-refractivity contribution in [1.82, 2.24) is 0 Å². The highest BCUT2D eigenvalue weighted by atomic mass is 35.5. The van der Waals surface area contributed by atoms with E-state index in [-0.39, 0.29) is 18.4 Å². The van der Waals surface area contributed by atoms with Crippen LogP contribution in [-0.2, 0) is 9.59 Å².